The molecule has 0 amide bonds. The number of alkyl halides is 3. The van der Waals surface area contributed by atoms with Crippen molar-refractivity contribution in [1.29, 1.82) is 0 Å². The average molecular weight is 429 g/mol. The zero-order valence-electron chi connectivity index (χ0n) is 15.3. The monoisotopic (exact) mass is 428 g/mol. The first-order chi connectivity index (χ1) is 13.2. The smallest absolute Gasteiger partial charge is 0.369 e. The van der Waals surface area contributed by atoms with Crippen molar-refractivity contribution in [1.82, 2.24) is 9.78 Å². The predicted octanol–water partition coefficient (Wildman–Crippen LogP) is 5.50. The Morgan fingerprint density at radius 3 is 2.64 bits per heavy atom. The minimum Gasteiger partial charge on any atom is -0.369 e. The Hall–Kier alpha value is -2.03. The average Bonchev–Trinajstić information content (AvgIpc) is 3.21. The fraction of sp³-hybridized carbons (Fsp3) is 0.316. The van der Waals surface area contributed by atoms with E-state index in [1.165, 1.54) is 17.4 Å². The zero-order valence-corrected chi connectivity index (χ0v) is 16.9. The third-order valence-electron chi connectivity index (χ3n) is 4.45. The molecule has 0 saturated carbocycles. The maximum Gasteiger partial charge on any atom is 0.416 e. The number of nitrogens with zero attached hydrogens (tertiary/aromatic N) is 2. The Morgan fingerprint density at radius 2 is 2.07 bits per heavy atom. The van der Waals surface area contributed by atoms with Gasteiger partial charge in [-0.05, 0) is 30.2 Å². The fourth-order valence-corrected chi connectivity index (χ4v) is 4.38. The summed E-state index contributed by atoms with van der Waals surface area (Å²) in [5.74, 6) is 0. The van der Waals surface area contributed by atoms with Crippen LogP contribution in [0.4, 0.5) is 18.2 Å². The Bertz CT molecular complexity index is 945. The van der Waals surface area contributed by atoms with Crippen molar-refractivity contribution in [3.05, 3.63) is 57.6 Å². The van der Waals surface area contributed by atoms with Crippen LogP contribution >= 0.6 is 22.9 Å². The molecule has 28 heavy (non-hydrogen) atoms. The van der Waals surface area contributed by atoms with Gasteiger partial charge < -0.3 is 11.1 Å². The summed E-state index contributed by atoms with van der Waals surface area (Å²) in [6.45, 7) is 2.19. The number of aromatic nitrogens is 2. The van der Waals surface area contributed by atoms with Crippen LogP contribution in [0.5, 0.6) is 0 Å². The summed E-state index contributed by atoms with van der Waals surface area (Å²) in [4.78, 5) is 1.10. The van der Waals surface area contributed by atoms with Crippen LogP contribution in [0.3, 0.4) is 0 Å². The Labute approximate surface area is 170 Å². The van der Waals surface area contributed by atoms with Crippen molar-refractivity contribution in [2.24, 2.45) is 12.8 Å². The molecule has 9 heteroatoms. The normalized spacial score (nSPS) is 13.0. The van der Waals surface area contributed by atoms with Crippen LogP contribution in [-0.2, 0) is 19.6 Å². The van der Waals surface area contributed by atoms with Crippen LogP contribution in [-0.4, -0.2) is 16.3 Å². The lowest BCUT2D eigenvalue weighted by atomic mass is 10.0. The Morgan fingerprint density at radius 1 is 1.32 bits per heavy atom. The van der Waals surface area contributed by atoms with Gasteiger partial charge >= 0.3 is 6.18 Å². The summed E-state index contributed by atoms with van der Waals surface area (Å²) >= 11 is 7.82. The van der Waals surface area contributed by atoms with E-state index in [9.17, 15) is 13.2 Å². The maximum atomic E-state index is 13.0. The molecule has 1 atom stereocenters. The van der Waals surface area contributed by atoms with E-state index in [0.29, 0.717) is 10.6 Å². The van der Waals surface area contributed by atoms with E-state index in [1.807, 2.05) is 20.0 Å². The molecule has 0 aliphatic rings. The number of aryl methyl sites for hydroxylation is 2. The maximum absolute atomic E-state index is 13.0. The third-order valence-corrected chi connectivity index (χ3v) is 5.94. The zero-order chi connectivity index (χ0) is 20.5. The van der Waals surface area contributed by atoms with Crippen molar-refractivity contribution < 1.29 is 13.2 Å². The molecule has 0 aliphatic heterocycles. The summed E-state index contributed by atoms with van der Waals surface area (Å²) in [7, 11) is 1.82. The number of benzene rings is 1. The lowest BCUT2D eigenvalue weighted by Crippen LogP contribution is -2.20. The summed E-state index contributed by atoms with van der Waals surface area (Å²) in [6.07, 6.45) is -2.01. The lowest BCUT2D eigenvalue weighted by Gasteiger charge is -2.18. The summed E-state index contributed by atoms with van der Waals surface area (Å²) < 4.78 is 40.8. The first-order valence-electron chi connectivity index (χ1n) is 8.69. The van der Waals surface area contributed by atoms with E-state index in [0.717, 1.165) is 39.7 Å². The minimum atomic E-state index is -4.39. The van der Waals surface area contributed by atoms with Gasteiger partial charge in [-0.15, -0.1) is 11.3 Å². The molecule has 2 aromatic heterocycles. The molecule has 0 bridgehead atoms. The second-order valence-corrected chi connectivity index (χ2v) is 7.87. The van der Waals surface area contributed by atoms with Crippen LogP contribution in [0.15, 0.2) is 36.5 Å². The lowest BCUT2D eigenvalue weighted by molar-refractivity contribution is -0.137. The molecule has 0 saturated heterocycles. The second kappa shape index (κ2) is 8.14. The van der Waals surface area contributed by atoms with Crippen LogP contribution < -0.4 is 11.1 Å². The van der Waals surface area contributed by atoms with E-state index >= 15 is 0 Å². The highest BCUT2D eigenvalue weighted by atomic mass is 35.5. The standard InChI is InChI=1S/C19H20ClF3N4S/c1-3-16-13(18-14(20)10-25-27(18)2)8-17(28-16)26-15(9-24)11-5-4-6-12(7-11)19(21,22)23/h4-8,10,15,26H,3,9,24H2,1-2H3/t15-/m1/s1. The number of nitrogens with two attached hydrogens (primary N) is 1. The molecule has 4 nitrogen and oxygen atoms in total. The van der Waals surface area contributed by atoms with Gasteiger partial charge in [0.05, 0.1) is 33.5 Å². The molecule has 150 valence electrons. The van der Waals surface area contributed by atoms with E-state index in [1.54, 1.807) is 16.9 Å². The Balaban J connectivity index is 1.92. The molecule has 0 unspecified atom stereocenters. The Kier molecular flexibility index (Phi) is 6.02. The van der Waals surface area contributed by atoms with E-state index in [2.05, 4.69) is 10.4 Å². The van der Waals surface area contributed by atoms with Crippen LogP contribution in [0.2, 0.25) is 5.02 Å². The highest BCUT2D eigenvalue weighted by molar-refractivity contribution is 7.16. The molecule has 3 rings (SSSR count). The minimum absolute atomic E-state index is 0.155. The van der Waals surface area contributed by atoms with Gasteiger partial charge in [0.1, 0.15) is 0 Å². The molecular weight excluding hydrogens is 409 g/mol. The molecule has 0 fully saturated rings. The molecule has 0 radical (unpaired) electrons. The number of hydrogen-bond donors (Lipinski definition) is 2. The van der Waals surface area contributed by atoms with Crippen molar-refractivity contribution in [3.63, 3.8) is 0 Å². The summed E-state index contributed by atoms with van der Waals surface area (Å²) in [5.41, 5.74) is 7.43. The number of halogens is 4. The SMILES string of the molecule is CCc1sc(N[C@H](CN)c2cccc(C(F)(F)F)c2)cc1-c1c(Cl)cnn1C. The highest BCUT2D eigenvalue weighted by Gasteiger charge is 2.31. The molecule has 0 spiro atoms. The van der Waals surface area contributed by atoms with Crippen LogP contribution in [0.1, 0.15) is 29.0 Å². The largest absolute Gasteiger partial charge is 0.416 e. The van der Waals surface area contributed by atoms with Gasteiger partial charge in [0.25, 0.3) is 0 Å². The number of rotatable bonds is 6. The van der Waals surface area contributed by atoms with Crippen LogP contribution in [0, 0.1) is 0 Å². The predicted molar refractivity (Wildman–Crippen MR) is 108 cm³/mol. The number of nitrogens with one attached hydrogen (secondary N) is 1. The molecule has 3 aromatic rings. The third kappa shape index (κ3) is 4.19. The molecular formula is C19H20ClF3N4S. The first kappa shape index (κ1) is 20.7. The first-order valence-corrected chi connectivity index (χ1v) is 9.88. The molecule has 3 N–H and O–H groups in total. The topological polar surface area (TPSA) is 55.9 Å². The van der Waals surface area contributed by atoms with E-state index in [-0.39, 0.29) is 6.54 Å². The fourth-order valence-electron chi connectivity index (χ4n) is 3.06. The van der Waals surface area contributed by atoms with Gasteiger partial charge in [-0.2, -0.15) is 18.3 Å². The quantitative estimate of drug-likeness (QED) is 0.545. The number of anilines is 1. The molecule has 0 aliphatic carbocycles. The van der Waals surface area contributed by atoms with Gasteiger partial charge in [-0.25, -0.2) is 0 Å². The van der Waals surface area contributed by atoms with Crippen molar-refractivity contribution in [2.45, 2.75) is 25.6 Å². The van der Waals surface area contributed by atoms with Crippen molar-refractivity contribution in [3.8, 4) is 11.3 Å². The van der Waals surface area contributed by atoms with Crippen LogP contribution in [0.25, 0.3) is 11.3 Å². The highest BCUT2D eigenvalue weighted by Crippen LogP contribution is 2.39. The van der Waals surface area contributed by atoms with E-state index in [4.69, 9.17) is 17.3 Å². The van der Waals surface area contributed by atoms with Crippen molar-refractivity contribution >= 4 is 27.9 Å². The van der Waals surface area contributed by atoms with E-state index < -0.39 is 17.8 Å². The van der Waals surface area contributed by atoms with Gasteiger partial charge in [0.2, 0.25) is 0 Å². The summed E-state index contributed by atoms with van der Waals surface area (Å²) in [5, 5.41) is 8.82. The number of thiophene rings is 1. The van der Waals surface area contributed by atoms with Gasteiger partial charge in [-0.1, -0.05) is 30.7 Å². The van der Waals surface area contributed by atoms with Crippen molar-refractivity contribution in [2.75, 3.05) is 11.9 Å². The molecule has 1 aromatic carbocycles. The summed E-state index contributed by atoms with van der Waals surface area (Å²) in [6, 6.07) is 6.74. The second-order valence-electron chi connectivity index (χ2n) is 6.32. The van der Waals surface area contributed by atoms with Gasteiger partial charge in [-0.3, -0.25) is 4.68 Å². The van der Waals surface area contributed by atoms with Gasteiger partial charge in [0.15, 0.2) is 0 Å². The number of hydrogen-bond acceptors (Lipinski definition) is 4. The molecule has 2 heterocycles. The van der Waals surface area contributed by atoms with Gasteiger partial charge in [0, 0.05) is 24.0 Å².